The quantitative estimate of drug-likeness (QED) is 0.731. The first kappa shape index (κ1) is 20.5. The summed E-state index contributed by atoms with van der Waals surface area (Å²) in [5.74, 6) is 3.16. The van der Waals surface area contributed by atoms with Gasteiger partial charge < -0.3 is 20.3 Å². The highest BCUT2D eigenvalue weighted by Gasteiger charge is 2.31. The molecule has 3 aliphatic heterocycles. The number of hydrogen-bond donors (Lipinski definition) is 2. The third-order valence-corrected chi connectivity index (χ3v) is 8.18. The van der Waals surface area contributed by atoms with Gasteiger partial charge in [0.05, 0.1) is 22.8 Å². The first-order valence-corrected chi connectivity index (χ1v) is 12.8. The van der Waals surface area contributed by atoms with E-state index in [-0.39, 0.29) is 17.6 Å². The minimum Gasteiger partial charge on any atom is -0.483 e. The minimum absolute atomic E-state index is 0.146. The topological polar surface area (TPSA) is 96.4 Å². The van der Waals surface area contributed by atoms with Gasteiger partial charge in [-0.15, -0.1) is 0 Å². The molecule has 9 heteroatoms. The normalized spacial score (nSPS) is 23.2. The molecule has 3 aliphatic rings. The molecule has 1 atom stereocenters. The lowest BCUT2D eigenvalue weighted by molar-refractivity contribution is 0.229. The molecule has 0 bridgehead atoms. The molecule has 5 rings (SSSR count). The van der Waals surface area contributed by atoms with Crippen LogP contribution in [0.4, 0.5) is 17.3 Å². The fraction of sp³-hybridized carbons (Fsp3) is 0.545. The van der Waals surface area contributed by atoms with E-state index in [1.54, 1.807) is 6.33 Å². The van der Waals surface area contributed by atoms with Crippen molar-refractivity contribution in [3.63, 3.8) is 0 Å². The summed E-state index contributed by atoms with van der Waals surface area (Å²) >= 11 is 0. The second-order valence-corrected chi connectivity index (χ2v) is 11.0. The second kappa shape index (κ2) is 7.94. The number of nitrogens with one attached hydrogen (secondary N) is 2. The molecule has 2 aromatic rings. The van der Waals surface area contributed by atoms with Gasteiger partial charge in [0.15, 0.2) is 9.84 Å². The second-order valence-electron chi connectivity index (χ2n) is 8.72. The summed E-state index contributed by atoms with van der Waals surface area (Å²) < 4.78 is 30.2. The average molecular weight is 444 g/mol. The Morgan fingerprint density at radius 3 is 2.61 bits per heavy atom. The Hall–Kier alpha value is -2.39. The Morgan fingerprint density at radius 1 is 1.13 bits per heavy atom. The number of piperidine rings is 1. The summed E-state index contributed by atoms with van der Waals surface area (Å²) in [5.41, 5.74) is 4.25. The molecule has 2 saturated heterocycles. The summed E-state index contributed by atoms with van der Waals surface area (Å²) in [5, 5.41) is 6.95. The number of nitrogens with zero attached hydrogens (tertiary/aromatic N) is 3. The van der Waals surface area contributed by atoms with Crippen molar-refractivity contribution in [1.29, 1.82) is 0 Å². The number of aromatic nitrogens is 2. The molecule has 2 N–H and O–H groups in total. The van der Waals surface area contributed by atoms with Crippen LogP contribution in [0.2, 0.25) is 0 Å². The Bertz CT molecular complexity index is 1080. The average Bonchev–Trinajstić information content (AvgIpc) is 2.90. The van der Waals surface area contributed by atoms with Gasteiger partial charge in [-0.1, -0.05) is 6.07 Å². The van der Waals surface area contributed by atoms with E-state index in [1.807, 2.05) is 11.8 Å². The van der Waals surface area contributed by atoms with E-state index in [9.17, 15) is 8.42 Å². The SMILES string of the molecule is Cc1cc(C2CCNCC2)cc2c1O[C@@H](C)c1c(ncnc1N1CCS(=O)(=O)CC1)N2. The predicted molar refractivity (Wildman–Crippen MR) is 121 cm³/mol. The summed E-state index contributed by atoms with van der Waals surface area (Å²) in [4.78, 5) is 11.1. The van der Waals surface area contributed by atoms with Gasteiger partial charge in [0.2, 0.25) is 0 Å². The van der Waals surface area contributed by atoms with Gasteiger partial charge in [-0.2, -0.15) is 0 Å². The van der Waals surface area contributed by atoms with Crippen molar-refractivity contribution in [2.75, 3.05) is 47.9 Å². The summed E-state index contributed by atoms with van der Waals surface area (Å²) in [6.45, 7) is 7.06. The van der Waals surface area contributed by atoms with Crippen LogP contribution in [0.1, 0.15) is 48.5 Å². The van der Waals surface area contributed by atoms with Crippen molar-refractivity contribution >= 4 is 27.2 Å². The van der Waals surface area contributed by atoms with E-state index in [0.717, 1.165) is 60.1 Å². The molecule has 1 aromatic heterocycles. The van der Waals surface area contributed by atoms with Crippen molar-refractivity contribution in [2.45, 2.75) is 38.7 Å². The third-order valence-electron chi connectivity index (χ3n) is 6.57. The number of fused-ring (bicyclic) bond motifs is 2. The van der Waals surface area contributed by atoms with Gasteiger partial charge in [0, 0.05) is 13.1 Å². The van der Waals surface area contributed by atoms with Gasteiger partial charge in [0.1, 0.15) is 29.8 Å². The molecule has 2 fully saturated rings. The summed E-state index contributed by atoms with van der Waals surface area (Å²) in [6.07, 6.45) is 3.56. The summed E-state index contributed by atoms with van der Waals surface area (Å²) in [7, 11) is -2.97. The Balaban J connectivity index is 1.51. The Morgan fingerprint density at radius 2 is 1.87 bits per heavy atom. The van der Waals surface area contributed by atoms with E-state index in [0.29, 0.717) is 19.0 Å². The van der Waals surface area contributed by atoms with Crippen LogP contribution in [0.5, 0.6) is 5.75 Å². The van der Waals surface area contributed by atoms with Crippen LogP contribution in [0.25, 0.3) is 0 Å². The molecule has 1 aromatic carbocycles. The molecule has 166 valence electrons. The van der Waals surface area contributed by atoms with Gasteiger partial charge >= 0.3 is 0 Å². The van der Waals surface area contributed by atoms with Crippen LogP contribution in [0.15, 0.2) is 18.5 Å². The molecular weight excluding hydrogens is 414 g/mol. The summed E-state index contributed by atoms with van der Waals surface area (Å²) in [6, 6.07) is 4.46. The lowest BCUT2D eigenvalue weighted by atomic mass is 9.89. The van der Waals surface area contributed by atoms with E-state index in [1.165, 1.54) is 5.56 Å². The Kier molecular flexibility index (Phi) is 5.26. The van der Waals surface area contributed by atoms with E-state index < -0.39 is 9.84 Å². The highest BCUT2D eigenvalue weighted by Crippen LogP contribution is 2.44. The highest BCUT2D eigenvalue weighted by molar-refractivity contribution is 7.91. The largest absolute Gasteiger partial charge is 0.483 e. The molecule has 0 amide bonds. The van der Waals surface area contributed by atoms with Gasteiger partial charge in [-0.3, -0.25) is 0 Å². The molecular formula is C22H29N5O3S. The van der Waals surface area contributed by atoms with Crippen LogP contribution in [-0.4, -0.2) is 56.1 Å². The fourth-order valence-electron chi connectivity index (χ4n) is 4.84. The maximum Gasteiger partial charge on any atom is 0.153 e. The van der Waals surface area contributed by atoms with Crippen LogP contribution in [0.3, 0.4) is 0 Å². The number of anilines is 3. The van der Waals surface area contributed by atoms with Crippen molar-refractivity contribution in [3.8, 4) is 5.75 Å². The molecule has 0 radical (unpaired) electrons. The molecule has 31 heavy (non-hydrogen) atoms. The van der Waals surface area contributed by atoms with E-state index in [2.05, 4.69) is 39.7 Å². The highest BCUT2D eigenvalue weighted by atomic mass is 32.2. The lowest BCUT2D eigenvalue weighted by Gasteiger charge is -2.30. The minimum atomic E-state index is -2.97. The number of rotatable bonds is 2. The molecule has 4 heterocycles. The number of hydrogen-bond acceptors (Lipinski definition) is 8. The predicted octanol–water partition coefficient (Wildman–Crippen LogP) is 2.68. The van der Waals surface area contributed by atoms with E-state index >= 15 is 0 Å². The van der Waals surface area contributed by atoms with Crippen molar-refractivity contribution in [1.82, 2.24) is 15.3 Å². The lowest BCUT2D eigenvalue weighted by Crippen LogP contribution is -2.41. The molecule has 8 nitrogen and oxygen atoms in total. The first-order valence-electron chi connectivity index (χ1n) is 11.0. The Labute approximate surface area is 183 Å². The standard InChI is InChI=1S/C22H29N5O3S/c1-14-11-17(16-3-5-23-6-4-16)12-18-20(14)30-15(2)19-21(26-18)24-13-25-22(19)27-7-9-31(28,29)10-8-27/h11-13,15-16,23H,3-10H2,1-2H3,(H,24,25,26)/t15-/m0/s1. The molecule has 0 unspecified atom stereocenters. The zero-order valence-corrected chi connectivity index (χ0v) is 18.8. The number of sulfone groups is 1. The number of aryl methyl sites for hydroxylation is 1. The van der Waals surface area contributed by atoms with Crippen molar-refractivity contribution in [2.24, 2.45) is 0 Å². The van der Waals surface area contributed by atoms with Crippen molar-refractivity contribution < 1.29 is 13.2 Å². The maximum absolute atomic E-state index is 11.9. The monoisotopic (exact) mass is 443 g/mol. The number of benzene rings is 1. The molecule has 0 saturated carbocycles. The zero-order chi connectivity index (χ0) is 21.6. The number of ether oxygens (including phenoxy) is 1. The van der Waals surface area contributed by atoms with Crippen LogP contribution in [0, 0.1) is 6.92 Å². The van der Waals surface area contributed by atoms with Crippen molar-refractivity contribution in [3.05, 3.63) is 35.2 Å². The van der Waals surface area contributed by atoms with Crippen LogP contribution in [-0.2, 0) is 9.84 Å². The molecule has 0 aliphatic carbocycles. The van der Waals surface area contributed by atoms with Gasteiger partial charge in [-0.25, -0.2) is 18.4 Å². The fourth-order valence-corrected chi connectivity index (χ4v) is 6.04. The van der Waals surface area contributed by atoms with E-state index in [4.69, 9.17) is 4.74 Å². The maximum atomic E-state index is 11.9. The third kappa shape index (κ3) is 3.96. The van der Waals surface area contributed by atoms with Crippen LogP contribution < -0.4 is 20.3 Å². The van der Waals surface area contributed by atoms with Gasteiger partial charge in [-0.05, 0) is 62.9 Å². The zero-order valence-electron chi connectivity index (χ0n) is 18.0. The molecule has 0 spiro atoms. The van der Waals surface area contributed by atoms with Gasteiger partial charge in [0.25, 0.3) is 0 Å². The van der Waals surface area contributed by atoms with Crippen LogP contribution >= 0.6 is 0 Å². The first-order chi connectivity index (χ1) is 14.9. The smallest absolute Gasteiger partial charge is 0.153 e.